The predicted molar refractivity (Wildman–Crippen MR) is 92.7 cm³/mol. The van der Waals surface area contributed by atoms with E-state index >= 15 is 0 Å². The molecule has 0 aliphatic heterocycles. The van der Waals surface area contributed by atoms with Crippen molar-refractivity contribution >= 4 is 29.9 Å². The fourth-order valence-corrected chi connectivity index (χ4v) is 3.00. The van der Waals surface area contributed by atoms with Crippen LogP contribution in [-0.2, 0) is 11.3 Å². The molecule has 0 spiro atoms. The molecule has 0 bridgehead atoms. The number of rotatable bonds is 4. The number of nitrogens with zero attached hydrogens (tertiary/aromatic N) is 1. The molecule has 1 aromatic carbocycles. The minimum absolute atomic E-state index is 0. The molecule has 4 N–H and O–H groups in total. The highest BCUT2D eigenvalue weighted by Gasteiger charge is 2.34. The molecule has 1 aliphatic rings. The summed E-state index contributed by atoms with van der Waals surface area (Å²) in [6, 6.07) is 8.73. The maximum absolute atomic E-state index is 12.1. The number of aliphatic hydroxyl groups excluding tert-OH is 1. The maximum Gasteiger partial charge on any atom is 0.223 e. The summed E-state index contributed by atoms with van der Waals surface area (Å²) in [5, 5.41) is 16.9. The number of aromatic nitrogens is 1. The molecular weight excluding hydrogens is 353 g/mol. The number of benzene rings is 1. The third-order valence-electron chi connectivity index (χ3n) is 4.09. The van der Waals surface area contributed by atoms with Crippen LogP contribution in [0.2, 0.25) is 5.02 Å². The first-order valence-corrected chi connectivity index (χ1v) is 7.84. The molecule has 130 valence electrons. The van der Waals surface area contributed by atoms with Gasteiger partial charge in [0.2, 0.25) is 5.91 Å². The van der Waals surface area contributed by atoms with Crippen molar-refractivity contribution in [2.75, 3.05) is 0 Å². The van der Waals surface area contributed by atoms with E-state index in [1.807, 2.05) is 18.2 Å². The van der Waals surface area contributed by atoms with E-state index in [-0.39, 0.29) is 36.8 Å². The van der Waals surface area contributed by atoms with Crippen LogP contribution in [0.3, 0.4) is 0 Å². The number of halogens is 2. The lowest BCUT2D eigenvalue weighted by Crippen LogP contribution is -2.30. The molecule has 1 fully saturated rings. The standard InChI is InChI=1S/C16H18ClN3O3.ClH/c17-12-4-2-1-3-11(12)15-7-10(20-23-15)8-19-16(22)9-5-13(18)14(21)6-9;/h1-4,7,9,13-14,21H,5-6,8,18H2,(H,19,22);1H/t9-,13+,14+;/m0./s1. The van der Waals surface area contributed by atoms with E-state index in [4.69, 9.17) is 21.9 Å². The molecule has 6 nitrogen and oxygen atoms in total. The average Bonchev–Trinajstić information content (AvgIpc) is 3.13. The highest BCUT2D eigenvalue weighted by Crippen LogP contribution is 2.28. The van der Waals surface area contributed by atoms with Crippen molar-refractivity contribution in [1.82, 2.24) is 10.5 Å². The third-order valence-corrected chi connectivity index (χ3v) is 4.42. The number of nitrogens with one attached hydrogen (secondary N) is 1. The maximum atomic E-state index is 12.1. The number of hydrogen-bond donors (Lipinski definition) is 3. The summed E-state index contributed by atoms with van der Waals surface area (Å²) < 4.78 is 5.28. The van der Waals surface area contributed by atoms with Crippen molar-refractivity contribution < 1.29 is 14.4 Å². The second-order valence-corrected chi connectivity index (χ2v) is 6.19. The van der Waals surface area contributed by atoms with Gasteiger partial charge in [-0.25, -0.2) is 0 Å². The van der Waals surface area contributed by atoms with E-state index in [2.05, 4.69) is 10.5 Å². The first-order chi connectivity index (χ1) is 11.0. The Labute approximate surface area is 150 Å². The average molecular weight is 372 g/mol. The van der Waals surface area contributed by atoms with Crippen molar-refractivity contribution in [3.63, 3.8) is 0 Å². The summed E-state index contributed by atoms with van der Waals surface area (Å²) in [5.74, 6) is 0.174. The Morgan fingerprint density at radius 2 is 2.17 bits per heavy atom. The van der Waals surface area contributed by atoms with E-state index in [9.17, 15) is 9.90 Å². The monoisotopic (exact) mass is 371 g/mol. The third kappa shape index (κ3) is 4.08. The van der Waals surface area contributed by atoms with Crippen molar-refractivity contribution in [1.29, 1.82) is 0 Å². The van der Waals surface area contributed by atoms with E-state index in [1.54, 1.807) is 12.1 Å². The molecule has 24 heavy (non-hydrogen) atoms. The van der Waals surface area contributed by atoms with Gasteiger partial charge in [0.25, 0.3) is 0 Å². The summed E-state index contributed by atoms with van der Waals surface area (Å²) in [5.41, 5.74) is 7.09. The van der Waals surface area contributed by atoms with Crippen LogP contribution in [-0.4, -0.2) is 28.3 Å². The lowest BCUT2D eigenvalue weighted by molar-refractivity contribution is -0.125. The normalized spacial score (nSPS) is 22.9. The zero-order valence-electron chi connectivity index (χ0n) is 12.8. The Morgan fingerprint density at radius 3 is 2.83 bits per heavy atom. The lowest BCUT2D eigenvalue weighted by atomic mass is 10.1. The Balaban J connectivity index is 0.00000208. The largest absolute Gasteiger partial charge is 0.391 e. The summed E-state index contributed by atoms with van der Waals surface area (Å²) in [6.45, 7) is 0.259. The van der Waals surface area contributed by atoms with Gasteiger partial charge in [-0.15, -0.1) is 12.4 Å². The topological polar surface area (TPSA) is 101 Å². The zero-order chi connectivity index (χ0) is 16.4. The fourth-order valence-electron chi connectivity index (χ4n) is 2.77. The van der Waals surface area contributed by atoms with E-state index < -0.39 is 6.10 Å². The Kier molecular flexibility index (Phi) is 6.23. The van der Waals surface area contributed by atoms with Crippen molar-refractivity contribution in [3.05, 3.63) is 41.0 Å². The molecule has 3 atom stereocenters. The van der Waals surface area contributed by atoms with Crippen LogP contribution in [0.5, 0.6) is 0 Å². The lowest BCUT2D eigenvalue weighted by Gasteiger charge is -2.08. The molecule has 1 aromatic heterocycles. The van der Waals surface area contributed by atoms with Crippen LogP contribution in [0.1, 0.15) is 18.5 Å². The van der Waals surface area contributed by atoms with Crippen molar-refractivity contribution in [3.8, 4) is 11.3 Å². The molecule has 0 radical (unpaired) electrons. The van der Waals surface area contributed by atoms with Crippen molar-refractivity contribution in [2.45, 2.75) is 31.5 Å². The van der Waals surface area contributed by atoms with Crippen LogP contribution < -0.4 is 11.1 Å². The van der Waals surface area contributed by atoms with E-state index in [0.29, 0.717) is 29.3 Å². The summed E-state index contributed by atoms with van der Waals surface area (Å²) in [4.78, 5) is 12.1. The summed E-state index contributed by atoms with van der Waals surface area (Å²) >= 11 is 6.12. The molecule has 0 unspecified atom stereocenters. The van der Waals surface area contributed by atoms with Crippen LogP contribution in [0, 0.1) is 5.92 Å². The number of hydrogen-bond acceptors (Lipinski definition) is 5. The van der Waals surface area contributed by atoms with Gasteiger partial charge < -0.3 is 20.7 Å². The van der Waals surface area contributed by atoms with E-state index in [0.717, 1.165) is 5.56 Å². The number of aliphatic hydroxyl groups is 1. The number of nitrogens with two attached hydrogens (primary N) is 1. The second kappa shape index (κ2) is 7.98. The molecule has 1 saturated carbocycles. The molecule has 0 saturated heterocycles. The predicted octanol–water partition coefficient (Wildman–Crippen LogP) is 2.13. The molecule has 8 heteroatoms. The molecule has 1 aliphatic carbocycles. The fraction of sp³-hybridized carbons (Fsp3) is 0.375. The highest BCUT2D eigenvalue weighted by molar-refractivity contribution is 6.33. The summed E-state index contributed by atoms with van der Waals surface area (Å²) in [7, 11) is 0. The molecular formula is C16H19Cl2N3O3. The van der Waals surface area contributed by atoms with Gasteiger partial charge in [0.15, 0.2) is 5.76 Å². The van der Waals surface area contributed by atoms with Gasteiger partial charge in [-0.3, -0.25) is 4.79 Å². The minimum atomic E-state index is -0.607. The first-order valence-electron chi connectivity index (χ1n) is 7.46. The number of carbonyl (C=O) groups is 1. The van der Waals surface area contributed by atoms with Crippen molar-refractivity contribution in [2.24, 2.45) is 11.7 Å². The van der Waals surface area contributed by atoms with Crippen LogP contribution in [0.15, 0.2) is 34.9 Å². The molecule has 2 aromatic rings. The minimum Gasteiger partial charge on any atom is -0.391 e. The Hall–Kier alpha value is -1.60. The van der Waals surface area contributed by atoms with E-state index in [1.165, 1.54) is 0 Å². The molecule has 1 amide bonds. The second-order valence-electron chi connectivity index (χ2n) is 5.78. The van der Waals surface area contributed by atoms with Gasteiger partial charge in [0.1, 0.15) is 5.69 Å². The number of carbonyl (C=O) groups excluding carboxylic acids is 1. The van der Waals surface area contributed by atoms with Crippen LogP contribution in [0.4, 0.5) is 0 Å². The van der Waals surface area contributed by atoms with Gasteiger partial charge in [-0.05, 0) is 25.0 Å². The number of amides is 1. The van der Waals surface area contributed by atoms with Crippen LogP contribution >= 0.6 is 24.0 Å². The van der Waals surface area contributed by atoms with Gasteiger partial charge in [-0.2, -0.15) is 0 Å². The van der Waals surface area contributed by atoms with Gasteiger partial charge >= 0.3 is 0 Å². The van der Waals surface area contributed by atoms with Gasteiger partial charge in [0.05, 0.1) is 17.7 Å². The van der Waals surface area contributed by atoms with Crippen LogP contribution in [0.25, 0.3) is 11.3 Å². The highest BCUT2D eigenvalue weighted by atomic mass is 35.5. The SMILES string of the molecule is Cl.N[C@@H]1C[C@H](C(=O)NCc2cc(-c3ccccc3Cl)on2)C[C@H]1O. The smallest absolute Gasteiger partial charge is 0.223 e. The Bertz CT molecular complexity index is 697. The zero-order valence-corrected chi connectivity index (χ0v) is 14.4. The van der Waals surface area contributed by atoms with Gasteiger partial charge in [-0.1, -0.05) is 28.9 Å². The van der Waals surface area contributed by atoms with Gasteiger partial charge in [0, 0.05) is 23.6 Å². The summed E-state index contributed by atoms with van der Waals surface area (Å²) in [6.07, 6.45) is 0.289. The molecule has 1 heterocycles. The quantitative estimate of drug-likeness (QED) is 0.763. The Morgan fingerprint density at radius 1 is 1.42 bits per heavy atom. The molecule has 3 rings (SSSR count). The first kappa shape index (κ1) is 18.7.